The molecule has 1 unspecified atom stereocenters. The molecule has 3 heteroatoms. The minimum Gasteiger partial charge on any atom is -0.381 e. The number of nitrogens with one attached hydrogen (secondary N) is 2. The molecule has 1 aromatic carbocycles. The van der Waals surface area contributed by atoms with E-state index in [1.807, 2.05) is 0 Å². The molecule has 0 aliphatic carbocycles. The van der Waals surface area contributed by atoms with Crippen molar-refractivity contribution in [2.45, 2.75) is 39.2 Å². The average Bonchev–Trinajstić information content (AvgIpc) is 2.48. The second kappa shape index (κ2) is 5.21. The van der Waals surface area contributed by atoms with Crippen LogP contribution in [0.25, 0.3) is 0 Å². The van der Waals surface area contributed by atoms with Crippen LogP contribution in [0.1, 0.15) is 30.4 Å². The number of aryl methyl sites for hydroxylation is 2. The van der Waals surface area contributed by atoms with E-state index < -0.39 is 0 Å². The zero-order valence-corrected chi connectivity index (χ0v) is 10.5. The molecule has 1 aromatic rings. The van der Waals surface area contributed by atoms with Crippen LogP contribution in [0.5, 0.6) is 0 Å². The molecule has 17 heavy (non-hydrogen) atoms. The summed E-state index contributed by atoms with van der Waals surface area (Å²) in [6, 6.07) is 6.53. The standard InChI is InChI=1S/C14H20N2O/c1-10-5-3-6-11(2)14(10)16-12-7-4-8-15-13(17)9-12/h3,5-6,12,16H,4,7-9H2,1-2H3,(H,15,17). The Hall–Kier alpha value is -1.51. The first-order chi connectivity index (χ1) is 8.16. The van der Waals surface area contributed by atoms with Crippen LogP contribution in [0.15, 0.2) is 18.2 Å². The van der Waals surface area contributed by atoms with Crippen LogP contribution in [0.3, 0.4) is 0 Å². The fourth-order valence-corrected chi connectivity index (χ4v) is 2.34. The highest BCUT2D eigenvalue weighted by atomic mass is 16.1. The molecular weight excluding hydrogens is 212 g/mol. The lowest BCUT2D eigenvalue weighted by Crippen LogP contribution is -2.27. The van der Waals surface area contributed by atoms with Gasteiger partial charge in [0.15, 0.2) is 0 Å². The van der Waals surface area contributed by atoms with E-state index in [9.17, 15) is 4.79 Å². The molecule has 1 heterocycles. The van der Waals surface area contributed by atoms with E-state index in [1.54, 1.807) is 0 Å². The van der Waals surface area contributed by atoms with Gasteiger partial charge >= 0.3 is 0 Å². The van der Waals surface area contributed by atoms with Crippen molar-refractivity contribution in [2.75, 3.05) is 11.9 Å². The van der Waals surface area contributed by atoms with Gasteiger partial charge in [0.2, 0.25) is 5.91 Å². The Balaban J connectivity index is 2.11. The van der Waals surface area contributed by atoms with E-state index >= 15 is 0 Å². The number of amides is 1. The highest BCUT2D eigenvalue weighted by molar-refractivity contribution is 5.77. The monoisotopic (exact) mass is 232 g/mol. The van der Waals surface area contributed by atoms with E-state index in [-0.39, 0.29) is 11.9 Å². The van der Waals surface area contributed by atoms with E-state index in [0.717, 1.165) is 19.4 Å². The van der Waals surface area contributed by atoms with E-state index in [1.165, 1.54) is 16.8 Å². The minimum atomic E-state index is 0.159. The Kier molecular flexibility index (Phi) is 3.67. The maximum atomic E-state index is 11.5. The van der Waals surface area contributed by atoms with Crippen molar-refractivity contribution in [1.29, 1.82) is 0 Å². The Morgan fingerprint density at radius 1 is 1.29 bits per heavy atom. The average molecular weight is 232 g/mol. The van der Waals surface area contributed by atoms with Crippen molar-refractivity contribution in [3.63, 3.8) is 0 Å². The molecule has 3 nitrogen and oxygen atoms in total. The number of para-hydroxylation sites is 1. The fraction of sp³-hybridized carbons (Fsp3) is 0.500. The molecule has 1 saturated heterocycles. The first-order valence-corrected chi connectivity index (χ1v) is 6.26. The van der Waals surface area contributed by atoms with Crippen LogP contribution in [0.2, 0.25) is 0 Å². The van der Waals surface area contributed by atoms with Crippen molar-refractivity contribution >= 4 is 11.6 Å². The maximum Gasteiger partial charge on any atom is 0.222 e. The SMILES string of the molecule is Cc1cccc(C)c1NC1CCCNC(=O)C1. The number of hydrogen-bond acceptors (Lipinski definition) is 2. The van der Waals surface area contributed by atoms with Crippen molar-refractivity contribution in [3.8, 4) is 0 Å². The van der Waals surface area contributed by atoms with Crippen LogP contribution in [0.4, 0.5) is 5.69 Å². The van der Waals surface area contributed by atoms with Gasteiger partial charge in [-0.05, 0) is 37.8 Å². The summed E-state index contributed by atoms with van der Waals surface area (Å²) in [5, 5.41) is 6.44. The molecule has 0 aromatic heterocycles. The largest absolute Gasteiger partial charge is 0.381 e. The molecule has 1 atom stereocenters. The van der Waals surface area contributed by atoms with Gasteiger partial charge in [-0.1, -0.05) is 18.2 Å². The van der Waals surface area contributed by atoms with Crippen LogP contribution < -0.4 is 10.6 Å². The van der Waals surface area contributed by atoms with Gasteiger partial charge in [-0.15, -0.1) is 0 Å². The molecule has 0 spiro atoms. The quantitative estimate of drug-likeness (QED) is 0.822. The topological polar surface area (TPSA) is 41.1 Å². The van der Waals surface area contributed by atoms with Gasteiger partial charge in [0.25, 0.3) is 0 Å². The smallest absolute Gasteiger partial charge is 0.222 e. The van der Waals surface area contributed by atoms with E-state index in [0.29, 0.717) is 6.42 Å². The van der Waals surface area contributed by atoms with Crippen LogP contribution in [-0.4, -0.2) is 18.5 Å². The first-order valence-electron chi connectivity index (χ1n) is 6.26. The first kappa shape index (κ1) is 12.0. The Morgan fingerprint density at radius 3 is 2.71 bits per heavy atom. The van der Waals surface area contributed by atoms with Crippen molar-refractivity contribution in [3.05, 3.63) is 29.3 Å². The summed E-state index contributed by atoms with van der Waals surface area (Å²) in [7, 11) is 0. The molecule has 0 radical (unpaired) electrons. The molecule has 1 fully saturated rings. The summed E-state index contributed by atoms with van der Waals surface area (Å²) in [6.07, 6.45) is 2.68. The highest BCUT2D eigenvalue weighted by Crippen LogP contribution is 2.22. The van der Waals surface area contributed by atoms with E-state index in [4.69, 9.17) is 0 Å². The lowest BCUT2D eigenvalue weighted by molar-refractivity contribution is -0.120. The van der Waals surface area contributed by atoms with Crippen molar-refractivity contribution in [1.82, 2.24) is 5.32 Å². The van der Waals surface area contributed by atoms with Gasteiger partial charge < -0.3 is 10.6 Å². The molecule has 1 aliphatic rings. The molecular formula is C14H20N2O. The van der Waals surface area contributed by atoms with Gasteiger partial charge in [-0.3, -0.25) is 4.79 Å². The van der Waals surface area contributed by atoms with E-state index in [2.05, 4.69) is 42.7 Å². The highest BCUT2D eigenvalue weighted by Gasteiger charge is 2.18. The summed E-state index contributed by atoms with van der Waals surface area (Å²) >= 11 is 0. The van der Waals surface area contributed by atoms with Crippen molar-refractivity contribution in [2.24, 2.45) is 0 Å². The van der Waals surface area contributed by atoms with Crippen molar-refractivity contribution < 1.29 is 4.79 Å². The fourth-order valence-electron chi connectivity index (χ4n) is 2.34. The normalized spacial score (nSPS) is 20.6. The molecule has 1 aliphatic heterocycles. The number of hydrogen-bond donors (Lipinski definition) is 2. The predicted molar refractivity (Wildman–Crippen MR) is 70.2 cm³/mol. The van der Waals surface area contributed by atoms with Gasteiger partial charge in [0.1, 0.15) is 0 Å². The molecule has 0 bridgehead atoms. The zero-order chi connectivity index (χ0) is 12.3. The number of benzene rings is 1. The van der Waals surface area contributed by atoms with Gasteiger partial charge in [-0.25, -0.2) is 0 Å². The third-order valence-electron chi connectivity index (χ3n) is 3.31. The predicted octanol–water partition coefficient (Wildman–Crippen LogP) is 2.38. The minimum absolute atomic E-state index is 0.159. The summed E-state index contributed by atoms with van der Waals surface area (Å²) in [5.74, 6) is 0.159. The molecule has 0 saturated carbocycles. The van der Waals surface area contributed by atoms with Crippen LogP contribution in [0, 0.1) is 13.8 Å². The third kappa shape index (κ3) is 2.99. The summed E-state index contributed by atoms with van der Waals surface area (Å²) in [6.45, 7) is 5.02. The van der Waals surface area contributed by atoms with Gasteiger partial charge in [0.05, 0.1) is 0 Å². The Labute approximate surface area is 103 Å². The molecule has 2 N–H and O–H groups in total. The molecule has 2 rings (SSSR count). The third-order valence-corrected chi connectivity index (χ3v) is 3.31. The second-order valence-electron chi connectivity index (χ2n) is 4.80. The number of carbonyl (C=O) groups is 1. The lowest BCUT2D eigenvalue weighted by Gasteiger charge is -2.20. The zero-order valence-electron chi connectivity index (χ0n) is 10.5. The molecule has 1 amide bonds. The van der Waals surface area contributed by atoms with Crippen LogP contribution >= 0.6 is 0 Å². The number of anilines is 1. The summed E-state index contributed by atoms with van der Waals surface area (Å²) < 4.78 is 0. The lowest BCUT2D eigenvalue weighted by atomic mass is 10.0. The summed E-state index contributed by atoms with van der Waals surface area (Å²) in [5.41, 5.74) is 3.68. The van der Waals surface area contributed by atoms with Crippen LogP contribution in [-0.2, 0) is 4.79 Å². The molecule has 92 valence electrons. The van der Waals surface area contributed by atoms with Gasteiger partial charge in [0, 0.05) is 24.7 Å². The maximum absolute atomic E-state index is 11.5. The Morgan fingerprint density at radius 2 is 2.00 bits per heavy atom. The Bertz CT molecular complexity index is 394. The second-order valence-corrected chi connectivity index (χ2v) is 4.80. The summed E-state index contributed by atoms with van der Waals surface area (Å²) in [4.78, 5) is 11.5. The number of carbonyl (C=O) groups excluding carboxylic acids is 1. The van der Waals surface area contributed by atoms with Gasteiger partial charge in [-0.2, -0.15) is 0 Å². The number of rotatable bonds is 2.